The lowest BCUT2D eigenvalue weighted by molar-refractivity contribution is 0.0696. The van der Waals surface area contributed by atoms with E-state index in [1.54, 1.807) is 41.3 Å². The summed E-state index contributed by atoms with van der Waals surface area (Å²) in [5.74, 6) is -1.27. The zero-order chi connectivity index (χ0) is 17.8. The van der Waals surface area contributed by atoms with E-state index in [9.17, 15) is 14.4 Å². The highest BCUT2D eigenvalue weighted by molar-refractivity contribution is 5.97. The number of hydrogen-bond acceptors (Lipinski definition) is 3. The average Bonchev–Trinajstić information content (AvgIpc) is 3.06. The summed E-state index contributed by atoms with van der Waals surface area (Å²) in [4.78, 5) is 36.4. The predicted molar refractivity (Wildman–Crippen MR) is 91.8 cm³/mol. The molecule has 1 aliphatic rings. The van der Waals surface area contributed by atoms with Gasteiger partial charge in [-0.2, -0.15) is 0 Å². The van der Waals surface area contributed by atoms with Crippen molar-refractivity contribution in [1.29, 1.82) is 0 Å². The van der Waals surface area contributed by atoms with Crippen molar-refractivity contribution in [2.75, 3.05) is 18.0 Å². The number of nitrogens with one attached hydrogen (secondary N) is 2. The zero-order valence-electron chi connectivity index (χ0n) is 13.4. The Kier molecular flexibility index (Phi) is 4.65. The topological polar surface area (TPSA) is 98.7 Å². The quantitative estimate of drug-likeness (QED) is 0.774. The number of amides is 3. The first kappa shape index (κ1) is 16.5. The summed E-state index contributed by atoms with van der Waals surface area (Å²) in [6, 6.07) is 13.0. The van der Waals surface area contributed by atoms with Crippen LogP contribution in [0.1, 0.15) is 26.3 Å². The zero-order valence-corrected chi connectivity index (χ0v) is 13.4. The van der Waals surface area contributed by atoms with Crippen LogP contribution in [-0.2, 0) is 6.54 Å². The fourth-order valence-electron chi connectivity index (χ4n) is 2.61. The number of carbonyl (C=O) groups excluding carboxylic acids is 2. The lowest BCUT2D eigenvalue weighted by Crippen LogP contribution is -2.28. The van der Waals surface area contributed by atoms with Crippen LogP contribution in [0, 0.1) is 0 Å². The lowest BCUT2D eigenvalue weighted by atomic mass is 10.1. The molecule has 1 aliphatic heterocycles. The third kappa shape index (κ3) is 3.77. The molecule has 0 unspecified atom stereocenters. The number of benzene rings is 2. The Balaban J connectivity index is 1.62. The molecular weight excluding hydrogens is 322 g/mol. The number of urea groups is 1. The highest BCUT2D eigenvalue weighted by atomic mass is 16.4. The van der Waals surface area contributed by atoms with Gasteiger partial charge < -0.3 is 15.7 Å². The van der Waals surface area contributed by atoms with E-state index in [1.807, 2.05) is 0 Å². The molecule has 3 amide bonds. The van der Waals surface area contributed by atoms with Crippen molar-refractivity contribution in [2.24, 2.45) is 0 Å². The lowest BCUT2D eigenvalue weighted by Gasteiger charge is -2.14. The molecule has 0 aromatic heterocycles. The van der Waals surface area contributed by atoms with Crippen molar-refractivity contribution in [3.05, 3.63) is 65.2 Å². The second-order valence-corrected chi connectivity index (χ2v) is 5.62. The van der Waals surface area contributed by atoms with Crippen LogP contribution >= 0.6 is 0 Å². The molecule has 1 saturated heterocycles. The minimum atomic E-state index is -1.00. The van der Waals surface area contributed by atoms with E-state index in [0.29, 0.717) is 24.2 Å². The normalized spacial score (nSPS) is 13.4. The number of hydrogen-bond donors (Lipinski definition) is 3. The minimum absolute atomic E-state index is 0.143. The molecule has 7 heteroatoms. The molecule has 0 aliphatic carbocycles. The van der Waals surface area contributed by atoms with Crippen LogP contribution in [0.25, 0.3) is 0 Å². The maximum absolute atomic E-state index is 12.2. The smallest absolute Gasteiger partial charge is 0.335 e. The molecule has 1 heterocycles. The van der Waals surface area contributed by atoms with Gasteiger partial charge in [-0.1, -0.05) is 12.1 Å². The molecule has 2 aromatic rings. The summed E-state index contributed by atoms with van der Waals surface area (Å²) < 4.78 is 0. The van der Waals surface area contributed by atoms with Gasteiger partial charge in [0.2, 0.25) is 0 Å². The van der Waals surface area contributed by atoms with Crippen molar-refractivity contribution < 1.29 is 19.5 Å². The molecule has 25 heavy (non-hydrogen) atoms. The fraction of sp³-hybridized carbons (Fsp3) is 0.167. The fourth-order valence-corrected chi connectivity index (χ4v) is 2.61. The molecule has 0 bridgehead atoms. The number of anilines is 1. The van der Waals surface area contributed by atoms with Gasteiger partial charge in [-0.3, -0.25) is 9.69 Å². The standard InChI is InChI=1S/C18H17N3O4/c22-16(20-11-12-2-1-3-14(10-12)17(23)24)13-4-6-15(7-5-13)21-9-8-19-18(21)25/h1-7,10H,8-9,11H2,(H,19,25)(H,20,22)(H,23,24). The van der Waals surface area contributed by atoms with Gasteiger partial charge in [0.15, 0.2) is 0 Å². The largest absolute Gasteiger partial charge is 0.478 e. The molecule has 0 radical (unpaired) electrons. The Labute approximate surface area is 144 Å². The van der Waals surface area contributed by atoms with Crippen LogP contribution in [0.15, 0.2) is 48.5 Å². The monoisotopic (exact) mass is 339 g/mol. The van der Waals surface area contributed by atoms with Crippen LogP contribution < -0.4 is 15.5 Å². The molecular formula is C18H17N3O4. The number of aromatic carboxylic acids is 1. The maximum atomic E-state index is 12.2. The Morgan fingerprint density at radius 3 is 2.52 bits per heavy atom. The maximum Gasteiger partial charge on any atom is 0.335 e. The number of nitrogens with zero attached hydrogens (tertiary/aromatic N) is 1. The molecule has 3 rings (SSSR count). The van der Waals surface area contributed by atoms with Crippen molar-refractivity contribution in [3.63, 3.8) is 0 Å². The van der Waals surface area contributed by atoms with E-state index in [4.69, 9.17) is 5.11 Å². The van der Waals surface area contributed by atoms with E-state index in [1.165, 1.54) is 12.1 Å². The minimum Gasteiger partial charge on any atom is -0.478 e. The highest BCUT2D eigenvalue weighted by Crippen LogP contribution is 2.17. The van der Waals surface area contributed by atoms with Crippen molar-refractivity contribution >= 4 is 23.6 Å². The van der Waals surface area contributed by atoms with Gasteiger partial charge in [0.1, 0.15) is 0 Å². The van der Waals surface area contributed by atoms with E-state index in [2.05, 4.69) is 10.6 Å². The van der Waals surface area contributed by atoms with Crippen molar-refractivity contribution in [3.8, 4) is 0 Å². The number of carboxylic acid groups (broad SMARTS) is 1. The summed E-state index contributed by atoms with van der Waals surface area (Å²) in [5.41, 5.74) is 2.09. The summed E-state index contributed by atoms with van der Waals surface area (Å²) >= 11 is 0. The van der Waals surface area contributed by atoms with Crippen molar-refractivity contribution in [1.82, 2.24) is 10.6 Å². The predicted octanol–water partition coefficient (Wildman–Crippen LogP) is 1.84. The van der Waals surface area contributed by atoms with Gasteiger partial charge in [-0.05, 0) is 42.0 Å². The summed E-state index contributed by atoms with van der Waals surface area (Å²) in [5, 5.41) is 14.5. The molecule has 3 N–H and O–H groups in total. The second-order valence-electron chi connectivity index (χ2n) is 5.62. The third-order valence-corrected chi connectivity index (χ3v) is 3.92. The molecule has 0 atom stereocenters. The Morgan fingerprint density at radius 1 is 1.12 bits per heavy atom. The molecule has 2 aromatic carbocycles. The summed E-state index contributed by atoms with van der Waals surface area (Å²) in [6.07, 6.45) is 0. The molecule has 1 fully saturated rings. The Bertz CT molecular complexity index is 817. The van der Waals surface area contributed by atoms with Gasteiger partial charge in [0, 0.05) is 30.9 Å². The van der Waals surface area contributed by atoms with Gasteiger partial charge in [-0.15, -0.1) is 0 Å². The molecule has 0 spiro atoms. The molecule has 7 nitrogen and oxygen atoms in total. The third-order valence-electron chi connectivity index (χ3n) is 3.92. The van der Waals surface area contributed by atoms with Gasteiger partial charge in [-0.25, -0.2) is 9.59 Å². The molecule has 0 saturated carbocycles. The van der Waals surface area contributed by atoms with E-state index in [-0.39, 0.29) is 24.0 Å². The second kappa shape index (κ2) is 7.04. The Morgan fingerprint density at radius 2 is 1.88 bits per heavy atom. The van der Waals surface area contributed by atoms with Gasteiger partial charge >= 0.3 is 12.0 Å². The molecule has 128 valence electrons. The van der Waals surface area contributed by atoms with Crippen LogP contribution in [0.2, 0.25) is 0 Å². The first-order chi connectivity index (χ1) is 12.0. The highest BCUT2D eigenvalue weighted by Gasteiger charge is 2.21. The van der Waals surface area contributed by atoms with Crippen molar-refractivity contribution in [2.45, 2.75) is 6.54 Å². The number of rotatable bonds is 5. The van der Waals surface area contributed by atoms with E-state index >= 15 is 0 Å². The number of carboxylic acids is 1. The first-order valence-electron chi connectivity index (χ1n) is 7.80. The number of carbonyl (C=O) groups is 3. The Hall–Kier alpha value is -3.35. The summed E-state index contributed by atoms with van der Waals surface area (Å²) in [6.45, 7) is 1.44. The first-order valence-corrected chi connectivity index (χ1v) is 7.80. The van der Waals surface area contributed by atoms with Gasteiger partial charge in [0.25, 0.3) is 5.91 Å². The average molecular weight is 339 g/mol. The van der Waals surface area contributed by atoms with Gasteiger partial charge in [0.05, 0.1) is 5.56 Å². The van der Waals surface area contributed by atoms with Crippen LogP contribution in [-0.4, -0.2) is 36.1 Å². The van der Waals surface area contributed by atoms with Crippen LogP contribution in [0.4, 0.5) is 10.5 Å². The van der Waals surface area contributed by atoms with Crippen LogP contribution in [0.5, 0.6) is 0 Å². The van der Waals surface area contributed by atoms with Crippen LogP contribution in [0.3, 0.4) is 0 Å². The summed E-state index contributed by atoms with van der Waals surface area (Å²) in [7, 11) is 0. The van der Waals surface area contributed by atoms with E-state index in [0.717, 1.165) is 5.69 Å². The van der Waals surface area contributed by atoms with E-state index < -0.39 is 5.97 Å². The SMILES string of the molecule is O=C(O)c1cccc(CNC(=O)c2ccc(N3CCNC3=O)cc2)c1.